The first-order valence-electron chi connectivity index (χ1n) is 7.26. The summed E-state index contributed by atoms with van der Waals surface area (Å²) in [6.07, 6.45) is 3.98. The lowest BCUT2D eigenvalue weighted by atomic mass is 10.2. The maximum atomic E-state index is 12.2. The first-order valence-corrected chi connectivity index (χ1v) is 7.26. The Hall–Kier alpha value is -1.97. The van der Waals surface area contributed by atoms with E-state index < -0.39 is 0 Å². The van der Waals surface area contributed by atoms with Gasteiger partial charge in [-0.2, -0.15) is 0 Å². The molecule has 0 spiro atoms. The lowest BCUT2D eigenvalue weighted by Crippen LogP contribution is -2.36. The molecule has 2 amide bonds. The summed E-state index contributed by atoms with van der Waals surface area (Å²) in [5, 5.41) is 4.13. The second kappa shape index (κ2) is 6.46. The third kappa shape index (κ3) is 3.13. The number of fused-ring (bicyclic) bond motifs is 1. The molecule has 0 aliphatic heterocycles. The quantitative estimate of drug-likeness (QED) is 0.883. The number of hydrogen-bond acceptors (Lipinski definition) is 1. The number of benzene rings is 1. The van der Waals surface area contributed by atoms with Crippen molar-refractivity contribution in [3.63, 3.8) is 0 Å². The number of anilines is 1. The second-order valence-corrected chi connectivity index (χ2v) is 5.12. The Bertz CT molecular complexity index is 582. The number of rotatable bonds is 5. The van der Waals surface area contributed by atoms with E-state index in [1.165, 1.54) is 5.52 Å². The SMILES string of the molecule is CCCN(CCC)C(=O)Nc1ccc2c(ccn2C)c1. The molecule has 0 saturated heterocycles. The molecule has 0 aliphatic carbocycles. The summed E-state index contributed by atoms with van der Waals surface area (Å²) in [5.74, 6) is 0. The molecule has 0 fully saturated rings. The highest BCUT2D eigenvalue weighted by atomic mass is 16.2. The number of aryl methyl sites for hydroxylation is 1. The molecule has 20 heavy (non-hydrogen) atoms. The average Bonchev–Trinajstić information content (AvgIpc) is 2.80. The van der Waals surface area contributed by atoms with Gasteiger partial charge in [0.25, 0.3) is 0 Å². The summed E-state index contributed by atoms with van der Waals surface area (Å²) in [7, 11) is 2.02. The van der Waals surface area contributed by atoms with Crippen LogP contribution in [0.3, 0.4) is 0 Å². The summed E-state index contributed by atoms with van der Waals surface area (Å²) in [6.45, 7) is 5.78. The normalized spacial score (nSPS) is 10.8. The monoisotopic (exact) mass is 273 g/mol. The van der Waals surface area contributed by atoms with Crippen LogP contribution in [0.1, 0.15) is 26.7 Å². The molecule has 1 aromatic heterocycles. The molecular formula is C16H23N3O. The Morgan fingerprint density at radius 3 is 2.55 bits per heavy atom. The van der Waals surface area contributed by atoms with Gasteiger partial charge >= 0.3 is 6.03 Å². The van der Waals surface area contributed by atoms with Gasteiger partial charge in [0.2, 0.25) is 0 Å². The zero-order valence-electron chi connectivity index (χ0n) is 12.5. The van der Waals surface area contributed by atoms with Crippen molar-refractivity contribution in [2.75, 3.05) is 18.4 Å². The van der Waals surface area contributed by atoms with E-state index in [0.717, 1.165) is 37.0 Å². The first kappa shape index (κ1) is 14.4. The van der Waals surface area contributed by atoms with Crippen molar-refractivity contribution in [1.82, 2.24) is 9.47 Å². The smallest absolute Gasteiger partial charge is 0.321 e. The highest BCUT2D eigenvalue weighted by Crippen LogP contribution is 2.20. The Kier molecular flexibility index (Phi) is 4.66. The molecule has 2 rings (SSSR count). The summed E-state index contributed by atoms with van der Waals surface area (Å²) >= 11 is 0. The third-order valence-electron chi connectivity index (χ3n) is 3.41. The van der Waals surface area contributed by atoms with E-state index in [-0.39, 0.29) is 6.03 Å². The first-order chi connectivity index (χ1) is 9.65. The zero-order chi connectivity index (χ0) is 14.5. The van der Waals surface area contributed by atoms with Crippen molar-refractivity contribution in [2.45, 2.75) is 26.7 Å². The third-order valence-corrected chi connectivity index (χ3v) is 3.41. The van der Waals surface area contributed by atoms with Gasteiger partial charge in [0.05, 0.1) is 0 Å². The van der Waals surface area contributed by atoms with Gasteiger partial charge in [0, 0.05) is 42.9 Å². The maximum Gasteiger partial charge on any atom is 0.321 e. The number of carbonyl (C=O) groups is 1. The summed E-state index contributed by atoms with van der Waals surface area (Å²) in [5.41, 5.74) is 2.02. The van der Waals surface area contributed by atoms with Gasteiger partial charge in [-0.25, -0.2) is 4.79 Å². The standard InChI is InChI=1S/C16H23N3O/c1-4-9-19(10-5-2)16(20)17-14-6-7-15-13(12-14)8-11-18(15)3/h6-8,11-12H,4-5,9-10H2,1-3H3,(H,17,20). The van der Waals surface area contributed by atoms with Gasteiger partial charge in [-0.05, 0) is 37.1 Å². The molecule has 108 valence electrons. The van der Waals surface area contributed by atoms with Crippen molar-refractivity contribution < 1.29 is 4.79 Å². The van der Waals surface area contributed by atoms with Gasteiger partial charge in [-0.15, -0.1) is 0 Å². The summed E-state index contributed by atoms with van der Waals surface area (Å²) in [6, 6.07) is 8.05. The molecule has 1 heterocycles. The molecule has 0 atom stereocenters. The van der Waals surface area contributed by atoms with Crippen molar-refractivity contribution >= 4 is 22.6 Å². The van der Waals surface area contributed by atoms with Gasteiger partial charge in [-0.1, -0.05) is 13.8 Å². The van der Waals surface area contributed by atoms with Crippen LogP contribution in [0.5, 0.6) is 0 Å². The number of aromatic nitrogens is 1. The molecule has 1 aromatic carbocycles. The van der Waals surface area contributed by atoms with Crippen LogP contribution >= 0.6 is 0 Å². The van der Waals surface area contributed by atoms with E-state index in [2.05, 4.69) is 29.8 Å². The number of urea groups is 1. The molecule has 0 saturated carbocycles. The molecule has 0 radical (unpaired) electrons. The number of hydrogen-bond donors (Lipinski definition) is 1. The predicted octanol–water partition coefficient (Wildman–Crippen LogP) is 3.83. The molecule has 0 bridgehead atoms. The topological polar surface area (TPSA) is 37.3 Å². The van der Waals surface area contributed by atoms with E-state index in [0.29, 0.717) is 0 Å². The van der Waals surface area contributed by atoms with Crippen LogP contribution in [-0.4, -0.2) is 28.6 Å². The van der Waals surface area contributed by atoms with E-state index in [4.69, 9.17) is 0 Å². The Morgan fingerprint density at radius 2 is 1.90 bits per heavy atom. The Labute approximate surface area is 120 Å². The van der Waals surface area contributed by atoms with E-state index in [1.54, 1.807) is 0 Å². The number of carbonyl (C=O) groups excluding carboxylic acids is 1. The van der Waals surface area contributed by atoms with Crippen LogP contribution in [0.4, 0.5) is 10.5 Å². The van der Waals surface area contributed by atoms with Crippen LogP contribution in [0, 0.1) is 0 Å². The fourth-order valence-corrected chi connectivity index (χ4v) is 2.42. The van der Waals surface area contributed by atoms with Gasteiger partial charge < -0.3 is 14.8 Å². The number of nitrogens with zero attached hydrogens (tertiary/aromatic N) is 2. The summed E-state index contributed by atoms with van der Waals surface area (Å²) in [4.78, 5) is 14.1. The molecule has 4 nitrogen and oxygen atoms in total. The second-order valence-electron chi connectivity index (χ2n) is 5.12. The van der Waals surface area contributed by atoms with Gasteiger partial charge in [0.1, 0.15) is 0 Å². The van der Waals surface area contributed by atoms with Crippen molar-refractivity contribution in [1.29, 1.82) is 0 Å². The number of amides is 2. The molecule has 0 unspecified atom stereocenters. The fraction of sp³-hybridized carbons (Fsp3) is 0.438. The number of nitrogens with one attached hydrogen (secondary N) is 1. The lowest BCUT2D eigenvalue weighted by molar-refractivity contribution is 0.211. The largest absolute Gasteiger partial charge is 0.351 e. The van der Waals surface area contributed by atoms with Crippen LogP contribution in [0.2, 0.25) is 0 Å². The zero-order valence-corrected chi connectivity index (χ0v) is 12.5. The highest BCUT2D eigenvalue weighted by molar-refractivity contribution is 5.93. The van der Waals surface area contributed by atoms with Crippen molar-refractivity contribution in [3.05, 3.63) is 30.5 Å². The molecule has 1 N–H and O–H groups in total. The highest BCUT2D eigenvalue weighted by Gasteiger charge is 2.11. The summed E-state index contributed by atoms with van der Waals surface area (Å²) < 4.78 is 2.07. The molecule has 0 aliphatic rings. The minimum Gasteiger partial charge on any atom is -0.351 e. The van der Waals surface area contributed by atoms with E-state index in [1.807, 2.05) is 36.3 Å². The van der Waals surface area contributed by atoms with Crippen LogP contribution in [-0.2, 0) is 7.05 Å². The molecule has 2 aromatic rings. The average molecular weight is 273 g/mol. The van der Waals surface area contributed by atoms with Crippen LogP contribution < -0.4 is 5.32 Å². The maximum absolute atomic E-state index is 12.2. The van der Waals surface area contributed by atoms with Crippen molar-refractivity contribution in [2.24, 2.45) is 7.05 Å². The Morgan fingerprint density at radius 1 is 1.20 bits per heavy atom. The molecule has 4 heteroatoms. The van der Waals surface area contributed by atoms with Crippen molar-refractivity contribution in [3.8, 4) is 0 Å². The lowest BCUT2D eigenvalue weighted by Gasteiger charge is -2.21. The fourth-order valence-electron chi connectivity index (χ4n) is 2.42. The van der Waals surface area contributed by atoms with Gasteiger partial charge in [0.15, 0.2) is 0 Å². The van der Waals surface area contributed by atoms with E-state index >= 15 is 0 Å². The van der Waals surface area contributed by atoms with Crippen LogP contribution in [0.15, 0.2) is 30.5 Å². The minimum absolute atomic E-state index is 0.0102. The predicted molar refractivity (Wildman–Crippen MR) is 84.1 cm³/mol. The molecular weight excluding hydrogens is 250 g/mol. The van der Waals surface area contributed by atoms with E-state index in [9.17, 15) is 4.79 Å². The Balaban J connectivity index is 2.11. The minimum atomic E-state index is -0.0102. The van der Waals surface area contributed by atoms with Gasteiger partial charge in [-0.3, -0.25) is 0 Å². The van der Waals surface area contributed by atoms with Crippen LogP contribution in [0.25, 0.3) is 10.9 Å².